The second-order valence-corrected chi connectivity index (χ2v) is 11.3. The minimum absolute atomic E-state index is 0.0112. The Hall–Kier alpha value is -0.970. The second-order valence-electron chi connectivity index (χ2n) is 10.8. The number of rotatable bonds is 4. The number of piperidine rings is 3. The van der Waals surface area contributed by atoms with E-state index in [1.165, 1.54) is 6.42 Å². The molecule has 1 aliphatic carbocycles. The molecule has 4 aliphatic heterocycles. The maximum absolute atomic E-state index is 13.1. The molecule has 0 spiro atoms. The largest absolute Gasteiger partial charge is 0.356 e. The number of nitrogens with one attached hydrogen (secondary N) is 6. The quantitative estimate of drug-likeness (QED) is 0.311. The highest BCUT2D eigenvalue weighted by Gasteiger charge is 2.45. The average molecular weight is 482 g/mol. The molecule has 0 radical (unpaired) electrons. The topological polar surface area (TPSA) is 110 Å². The zero-order valence-corrected chi connectivity index (χ0v) is 20.4. The third-order valence-corrected chi connectivity index (χ3v) is 9.19. The lowest BCUT2D eigenvalue weighted by molar-refractivity contribution is -0.133. The first-order valence-electron chi connectivity index (χ1n) is 13.0. The van der Waals surface area contributed by atoms with Crippen LogP contribution < -0.4 is 32.1 Å². The van der Waals surface area contributed by atoms with Crippen molar-refractivity contribution in [3.05, 3.63) is 0 Å². The summed E-state index contributed by atoms with van der Waals surface area (Å²) in [5.41, 5.74) is 6.55. The summed E-state index contributed by atoms with van der Waals surface area (Å²) in [6, 6.07) is -0.118. The van der Waals surface area contributed by atoms with E-state index in [9.17, 15) is 9.59 Å². The van der Waals surface area contributed by atoms with Crippen molar-refractivity contribution < 1.29 is 9.59 Å². The van der Waals surface area contributed by atoms with Crippen molar-refractivity contribution in [3.8, 4) is 0 Å². The molecule has 9 atom stereocenters. The van der Waals surface area contributed by atoms with Gasteiger partial charge in [-0.15, -0.1) is 11.6 Å². The molecule has 2 amide bonds. The lowest BCUT2D eigenvalue weighted by atomic mass is 9.61. The Bertz CT molecular complexity index is 721. The van der Waals surface area contributed by atoms with Gasteiger partial charge in [-0.2, -0.15) is 5.12 Å². The first-order valence-corrected chi connectivity index (χ1v) is 13.4. The van der Waals surface area contributed by atoms with Crippen molar-refractivity contribution in [2.45, 2.75) is 69.1 Å². The van der Waals surface area contributed by atoms with Crippen LogP contribution >= 0.6 is 11.6 Å². The monoisotopic (exact) mass is 481 g/mol. The van der Waals surface area contributed by atoms with Crippen LogP contribution in [0.5, 0.6) is 0 Å². The van der Waals surface area contributed by atoms with Crippen molar-refractivity contribution >= 4 is 23.4 Å². The molecule has 4 saturated heterocycles. The standard InChI is InChI=1S/C23H40ClN7O2/c1-13-9-20(23(33)30-14-10-19(24)21(27-11-14)31-28-7-8-29-31)26-12-18(13)15-3-2-4-17-16(15)5-6-25-22(17)32/h13-21,26-29H,2-12H2,1H3,(H,25,32)(H,30,33). The van der Waals surface area contributed by atoms with Gasteiger partial charge in [-0.05, 0) is 62.3 Å². The van der Waals surface area contributed by atoms with E-state index < -0.39 is 0 Å². The van der Waals surface area contributed by atoms with Crippen molar-refractivity contribution in [2.75, 3.05) is 32.7 Å². The summed E-state index contributed by atoms with van der Waals surface area (Å²) in [7, 11) is 0. The van der Waals surface area contributed by atoms with Gasteiger partial charge in [-0.1, -0.05) is 13.3 Å². The zero-order chi connectivity index (χ0) is 22.9. The van der Waals surface area contributed by atoms with Crippen LogP contribution in [-0.4, -0.2) is 73.3 Å². The van der Waals surface area contributed by atoms with Crippen LogP contribution in [0.4, 0.5) is 0 Å². The SMILES string of the molecule is CC1CC(C(=O)NC2CNC(N3NCCN3)C(Cl)C2)NCC1C1CCCC2C(=O)NCCC21. The summed E-state index contributed by atoms with van der Waals surface area (Å²) in [5, 5.41) is 15.2. The van der Waals surface area contributed by atoms with Crippen molar-refractivity contribution in [2.24, 2.45) is 29.6 Å². The summed E-state index contributed by atoms with van der Waals surface area (Å²) in [6.45, 7) is 6.48. The molecular weight excluding hydrogens is 442 g/mol. The normalized spacial score (nSPS) is 44.7. The highest BCUT2D eigenvalue weighted by molar-refractivity contribution is 6.21. The fourth-order valence-electron chi connectivity index (χ4n) is 7.09. The number of fused-ring (bicyclic) bond motifs is 1. The molecule has 5 rings (SSSR count). The first kappa shape index (κ1) is 23.8. The van der Waals surface area contributed by atoms with Gasteiger partial charge in [0.15, 0.2) is 0 Å². The molecule has 0 aromatic rings. The summed E-state index contributed by atoms with van der Waals surface area (Å²) in [5.74, 6) is 2.66. The molecule has 0 bridgehead atoms. The summed E-state index contributed by atoms with van der Waals surface area (Å²) in [6.07, 6.45) is 6.10. The third kappa shape index (κ3) is 5.04. The molecule has 10 heteroatoms. The van der Waals surface area contributed by atoms with E-state index in [0.717, 1.165) is 58.3 Å². The minimum atomic E-state index is -0.154. The number of alkyl halides is 1. The van der Waals surface area contributed by atoms with Gasteiger partial charge < -0.3 is 16.0 Å². The molecular formula is C23H40ClN7O2. The van der Waals surface area contributed by atoms with Gasteiger partial charge >= 0.3 is 0 Å². The Morgan fingerprint density at radius 3 is 2.58 bits per heavy atom. The van der Waals surface area contributed by atoms with E-state index in [2.05, 4.69) is 39.0 Å². The Labute approximate surface area is 201 Å². The number of nitrogens with zero attached hydrogens (tertiary/aromatic N) is 1. The number of carbonyl (C=O) groups is 2. The number of hydrogen-bond donors (Lipinski definition) is 6. The van der Waals surface area contributed by atoms with E-state index in [1.54, 1.807) is 0 Å². The predicted molar refractivity (Wildman–Crippen MR) is 127 cm³/mol. The van der Waals surface area contributed by atoms with E-state index in [4.69, 9.17) is 11.6 Å². The average Bonchev–Trinajstić information content (AvgIpc) is 3.34. The van der Waals surface area contributed by atoms with Gasteiger partial charge in [0, 0.05) is 38.1 Å². The van der Waals surface area contributed by atoms with Crippen molar-refractivity contribution in [1.29, 1.82) is 0 Å². The molecule has 5 fully saturated rings. The first-order chi connectivity index (χ1) is 16.0. The lowest BCUT2D eigenvalue weighted by Crippen LogP contribution is -2.65. The fourth-order valence-corrected chi connectivity index (χ4v) is 7.51. The van der Waals surface area contributed by atoms with E-state index >= 15 is 0 Å². The molecule has 1 saturated carbocycles. The Balaban J connectivity index is 1.12. The van der Waals surface area contributed by atoms with Gasteiger partial charge in [-0.25, -0.2) is 10.9 Å². The van der Waals surface area contributed by atoms with Gasteiger partial charge in [-0.3, -0.25) is 14.9 Å². The van der Waals surface area contributed by atoms with E-state index in [1.807, 2.05) is 5.12 Å². The smallest absolute Gasteiger partial charge is 0.237 e. The van der Waals surface area contributed by atoms with Gasteiger partial charge in [0.2, 0.25) is 11.8 Å². The van der Waals surface area contributed by atoms with Gasteiger partial charge in [0.1, 0.15) is 6.17 Å². The van der Waals surface area contributed by atoms with Gasteiger partial charge in [0.25, 0.3) is 0 Å². The number of hydrogen-bond acceptors (Lipinski definition) is 7. The highest BCUT2D eigenvalue weighted by Crippen LogP contribution is 2.45. The van der Waals surface area contributed by atoms with Gasteiger partial charge in [0.05, 0.1) is 11.4 Å². The molecule has 9 unspecified atom stereocenters. The molecule has 5 aliphatic rings. The number of amides is 2. The second kappa shape index (κ2) is 10.3. The van der Waals surface area contributed by atoms with Crippen LogP contribution in [0.2, 0.25) is 0 Å². The Kier molecular flexibility index (Phi) is 7.44. The van der Waals surface area contributed by atoms with E-state index in [0.29, 0.717) is 30.2 Å². The summed E-state index contributed by atoms with van der Waals surface area (Å²) < 4.78 is 0. The number of hydrazine groups is 2. The Morgan fingerprint density at radius 1 is 1.00 bits per heavy atom. The van der Waals surface area contributed by atoms with Crippen LogP contribution in [0, 0.1) is 29.6 Å². The lowest BCUT2D eigenvalue weighted by Gasteiger charge is -2.48. The van der Waals surface area contributed by atoms with Crippen LogP contribution in [0.1, 0.15) is 45.4 Å². The van der Waals surface area contributed by atoms with Crippen LogP contribution in [0.25, 0.3) is 0 Å². The van der Waals surface area contributed by atoms with Crippen LogP contribution in [-0.2, 0) is 9.59 Å². The minimum Gasteiger partial charge on any atom is -0.356 e. The third-order valence-electron chi connectivity index (χ3n) is 8.78. The molecule has 0 aromatic carbocycles. The zero-order valence-electron chi connectivity index (χ0n) is 19.6. The molecule has 9 nitrogen and oxygen atoms in total. The predicted octanol–water partition coefficient (Wildman–Crippen LogP) is -0.111. The molecule has 4 heterocycles. The van der Waals surface area contributed by atoms with E-state index in [-0.39, 0.29) is 41.4 Å². The van der Waals surface area contributed by atoms with Crippen LogP contribution in [0.3, 0.4) is 0 Å². The molecule has 186 valence electrons. The highest BCUT2D eigenvalue weighted by atomic mass is 35.5. The maximum Gasteiger partial charge on any atom is 0.237 e. The van der Waals surface area contributed by atoms with Crippen molar-refractivity contribution in [3.63, 3.8) is 0 Å². The molecule has 33 heavy (non-hydrogen) atoms. The Morgan fingerprint density at radius 2 is 1.82 bits per heavy atom. The number of carbonyl (C=O) groups excluding carboxylic acids is 2. The van der Waals surface area contributed by atoms with Crippen LogP contribution in [0.15, 0.2) is 0 Å². The molecule has 0 aromatic heterocycles. The summed E-state index contributed by atoms with van der Waals surface area (Å²) >= 11 is 6.64. The molecule has 6 N–H and O–H groups in total. The summed E-state index contributed by atoms with van der Waals surface area (Å²) in [4.78, 5) is 25.5. The number of halogens is 1. The van der Waals surface area contributed by atoms with Crippen molar-refractivity contribution in [1.82, 2.24) is 37.2 Å². The maximum atomic E-state index is 13.1. The fraction of sp³-hybridized carbons (Fsp3) is 0.913.